The molecule has 0 aliphatic carbocycles. The number of imidazole rings is 1. The molecular formula is C27H18BrClN4O3S. The number of fused-ring (bicyclic) bond motifs is 2. The SMILES string of the molecule is Cc1cccn2c(C)c(/C(O)=C3\C(=O)C(=O)N(c4nc5ccc(Cl)cc5s4)C3c3ccc(Br)cc3)nc12. The van der Waals surface area contributed by atoms with Crippen LogP contribution >= 0.6 is 38.9 Å². The number of thiazole rings is 1. The molecule has 6 rings (SSSR count). The summed E-state index contributed by atoms with van der Waals surface area (Å²) in [6, 6.07) is 15.5. The molecule has 1 unspecified atom stereocenters. The summed E-state index contributed by atoms with van der Waals surface area (Å²) in [5.74, 6) is -1.88. The van der Waals surface area contributed by atoms with Crippen LogP contribution in [0.4, 0.5) is 5.13 Å². The molecule has 4 heterocycles. The zero-order valence-corrected chi connectivity index (χ0v) is 22.7. The minimum Gasteiger partial charge on any atom is -0.505 e. The summed E-state index contributed by atoms with van der Waals surface area (Å²) in [6.45, 7) is 3.74. The molecule has 1 atom stereocenters. The van der Waals surface area contributed by atoms with Crippen molar-refractivity contribution in [3.63, 3.8) is 0 Å². The molecule has 1 fully saturated rings. The topological polar surface area (TPSA) is 87.8 Å². The van der Waals surface area contributed by atoms with Crippen LogP contribution in [0.2, 0.25) is 5.02 Å². The number of hydrogen-bond donors (Lipinski definition) is 1. The summed E-state index contributed by atoms with van der Waals surface area (Å²) in [6.07, 6.45) is 1.85. The van der Waals surface area contributed by atoms with E-state index in [0.717, 1.165) is 14.7 Å². The van der Waals surface area contributed by atoms with E-state index < -0.39 is 17.7 Å². The van der Waals surface area contributed by atoms with E-state index in [1.165, 1.54) is 16.2 Å². The molecule has 0 saturated carbocycles. The normalized spacial score (nSPS) is 17.4. The standard InChI is InChI=1S/C27H18BrClN4O3S/c1-13-4-3-11-32-14(2)21(31-25(13)32)23(34)20-22(15-5-7-16(28)8-6-15)33(26(36)24(20)35)27-30-18-10-9-17(29)12-19(18)37-27/h3-12,22,34H,1-2H3/b23-20+. The molecule has 0 spiro atoms. The Morgan fingerprint density at radius 3 is 2.57 bits per heavy atom. The molecule has 1 saturated heterocycles. The minimum atomic E-state index is -0.894. The van der Waals surface area contributed by atoms with E-state index in [4.69, 9.17) is 11.6 Å². The molecule has 10 heteroatoms. The Hall–Kier alpha value is -3.53. The van der Waals surface area contributed by atoms with Gasteiger partial charge in [-0.05, 0) is 61.4 Å². The van der Waals surface area contributed by atoms with E-state index in [1.807, 2.05) is 60.8 Å². The van der Waals surface area contributed by atoms with Crippen molar-refractivity contribution in [2.75, 3.05) is 4.90 Å². The van der Waals surface area contributed by atoms with Gasteiger partial charge in [0.2, 0.25) is 0 Å². The highest BCUT2D eigenvalue weighted by molar-refractivity contribution is 9.10. The number of ketones is 1. The number of carbonyl (C=O) groups excluding carboxylic acids is 2. The lowest BCUT2D eigenvalue weighted by atomic mass is 9.96. The Morgan fingerprint density at radius 1 is 1.08 bits per heavy atom. The van der Waals surface area contributed by atoms with Crippen molar-refractivity contribution in [1.29, 1.82) is 0 Å². The third-order valence-electron chi connectivity index (χ3n) is 6.48. The summed E-state index contributed by atoms with van der Waals surface area (Å²) in [5, 5.41) is 12.5. The number of hydrogen-bond acceptors (Lipinski definition) is 6. The number of nitrogens with zero attached hydrogens (tertiary/aromatic N) is 4. The quantitative estimate of drug-likeness (QED) is 0.145. The summed E-state index contributed by atoms with van der Waals surface area (Å²) < 4.78 is 3.48. The third-order valence-corrected chi connectivity index (χ3v) is 8.26. The van der Waals surface area contributed by atoms with Gasteiger partial charge in [0.05, 0.1) is 27.5 Å². The van der Waals surface area contributed by atoms with Crippen LogP contribution in [-0.4, -0.2) is 31.2 Å². The number of halogens is 2. The Labute approximate surface area is 228 Å². The van der Waals surface area contributed by atoms with Gasteiger partial charge in [-0.2, -0.15) is 0 Å². The predicted octanol–water partition coefficient (Wildman–Crippen LogP) is 6.60. The Morgan fingerprint density at radius 2 is 1.84 bits per heavy atom. The van der Waals surface area contributed by atoms with Crippen molar-refractivity contribution in [3.05, 3.63) is 98.4 Å². The molecular weight excluding hydrogens is 576 g/mol. The monoisotopic (exact) mass is 592 g/mol. The second kappa shape index (κ2) is 8.79. The second-order valence-corrected chi connectivity index (χ2v) is 11.1. The van der Waals surface area contributed by atoms with Gasteiger partial charge >= 0.3 is 5.91 Å². The van der Waals surface area contributed by atoms with Gasteiger partial charge in [0, 0.05) is 15.7 Å². The first-order valence-corrected chi connectivity index (χ1v) is 13.3. The van der Waals surface area contributed by atoms with Crippen LogP contribution < -0.4 is 4.90 Å². The zero-order chi connectivity index (χ0) is 26.0. The van der Waals surface area contributed by atoms with Crippen LogP contribution in [-0.2, 0) is 9.59 Å². The van der Waals surface area contributed by atoms with Crippen LogP contribution in [0.3, 0.4) is 0 Å². The number of aromatic nitrogens is 3. The van der Waals surface area contributed by atoms with E-state index in [-0.39, 0.29) is 17.0 Å². The van der Waals surface area contributed by atoms with Gasteiger partial charge in [0.1, 0.15) is 11.3 Å². The number of Topliss-reactive ketones (excluding diaryl/α,β-unsaturated/α-hetero) is 1. The highest BCUT2D eigenvalue weighted by atomic mass is 79.9. The van der Waals surface area contributed by atoms with Gasteiger partial charge in [-0.15, -0.1) is 0 Å². The lowest BCUT2D eigenvalue weighted by molar-refractivity contribution is -0.132. The van der Waals surface area contributed by atoms with Crippen LogP contribution in [0.25, 0.3) is 21.6 Å². The van der Waals surface area contributed by atoms with Crippen molar-refractivity contribution in [3.8, 4) is 0 Å². The molecule has 37 heavy (non-hydrogen) atoms. The molecule has 1 amide bonds. The number of aliphatic hydroxyl groups excluding tert-OH is 1. The molecule has 1 aliphatic heterocycles. The Kier molecular flexibility index (Phi) is 5.67. The summed E-state index contributed by atoms with van der Waals surface area (Å²) in [7, 11) is 0. The molecule has 1 N–H and O–H groups in total. The van der Waals surface area contributed by atoms with Crippen molar-refractivity contribution >= 4 is 77.3 Å². The van der Waals surface area contributed by atoms with Gasteiger partial charge in [-0.1, -0.05) is 57.1 Å². The first kappa shape index (κ1) is 23.8. The van der Waals surface area contributed by atoms with Gasteiger partial charge < -0.3 is 9.51 Å². The maximum absolute atomic E-state index is 13.5. The first-order chi connectivity index (χ1) is 17.7. The van der Waals surface area contributed by atoms with Crippen molar-refractivity contribution in [2.24, 2.45) is 0 Å². The number of anilines is 1. The van der Waals surface area contributed by atoms with Crippen LogP contribution in [0, 0.1) is 13.8 Å². The second-order valence-electron chi connectivity index (χ2n) is 8.76. The van der Waals surface area contributed by atoms with Crippen LogP contribution in [0.5, 0.6) is 0 Å². The zero-order valence-electron chi connectivity index (χ0n) is 19.6. The van der Waals surface area contributed by atoms with Gasteiger partial charge in [-0.3, -0.25) is 14.5 Å². The fourth-order valence-electron chi connectivity index (χ4n) is 4.65. The van der Waals surface area contributed by atoms with Crippen molar-refractivity contribution in [1.82, 2.24) is 14.4 Å². The van der Waals surface area contributed by atoms with E-state index in [2.05, 4.69) is 25.9 Å². The number of rotatable bonds is 3. The number of aliphatic hydroxyl groups is 1. The first-order valence-electron chi connectivity index (χ1n) is 11.3. The highest BCUT2D eigenvalue weighted by Crippen LogP contribution is 2.45. The molecule has 5 aromatic rings. The molecule has 7 nitrogen and oxygen atoms in total. The largest absolute Gasteiger partial charge is 0.505 e. The fraction of sp³-hybridized carbons (Fsp3) is 0.111. The van der Waals surface area contributed by atoms with E-state index >= 15 is 0 Å². The molecule has 1 aliphatic rings. The summed E-state index contributed by atoms with van der Waals surface area (Å²) in [5.41, 5.74) is 3.78. The van der Waals surface area contributed by atoms with Crippen molar-refractivity contribution in [2.45, 2.75) is 19.9 Å². The van der Waals surface area contributed by atoms with Gasteiger partial charge in [-0.25, -0.2) is 9.97 Å². The highest BCUT2D eigenvalue weighted by Gasteiger charge is 2.48. The molecule has 0 radical (unpaired) electrons. The van der Waals surface area contributed by atoms with E-state index in [0.29, 0.717) is 32.6 Å². The Bertz CT molecular complexity index is 1790. The molecule has 0 bridgehead atoms. The average Bonchev–Trinajstić information content (AvgIpc) is 3.52. The Balaban J connectivity index is 1.60. The number of benzene rings is 2. The van der Waals surface area contributed by atoms with Crippen LogP contribution in [0.1, 0.15) is 28.6 Å². The summed E-state index contributed by atoms with van der Waals surface area (Å²) >= 11 is 10.9. The smallest absolute Gasteiger partial charge is 0.301 e. The summed E-state index contributed by atoms with van der Waals surface area (Å²) in [4.78, 5) is 37.6. The number of pyridine rings is 1. The van der Waals surface area contributed by atoms with Gasteiger partial charge in [0.25, 0.3) is 5.78 Å². The third kappa shape index (κ3) is 3.77. The molecule has 2 aromatic carbocycles. The minimum absolute atomic E-state index is 0.0335. The maximum atomic E-state index is 13.5. The number of aryl methyl sites for hydroxylation is 2. The van der Waals surface area contributed by atoms with E-state index in [1.54, 1.807) is 18.2 Å². The average molecular weight is 594 g/mol. The van der Waals surface area contributed by atoms with E-state index in [9.17, 15) is 14.7 Å². The fourth-order valence-corrected chi connectivity index (χ4v) is 6.19. The number of amides is 1. The van der Waals surface area contributed by atoms with Gasteiger partial charge in [0.15, 0.2) is 10.9 Å². The lowest BCUT2D eigenvalue weighted by Crippen LogP contribution is -2.29. The molecule has 184 valence electrons. The predicted molar refractivity (Wildman–Crippen MR) is 148 cm³/mol. The van der Waals surface area contributed by atoms with Crippen LogP contribution in [0.15, 0.2) is 70.8 Å². The van der Waals surface area contributed by atoms with Crippen molar-refractivity contribution < 1.29 is 14.7 Å². The number of carbonyl (C=O) groups is 2. The maximum Gasteiger partial charge on any atom is 0.301 e. The lowest BCUT2D eigenvalue weighted by Gasteiger charge is -2.22. The molecule has 3 aromatic heterocycles.